The molecule has 0 aromatic heterocycles. The molecule has 3 aliphatic heterocycles. The molecule has 1 aromatic rings. The number of ether oxygens (including phenoxy) is 3. The Labute approximate surface area is 163 Å². The number of amides is 2. The van der Waals surface area contributed by atoms with Gasteiger partial charge in [-0.25, -0.2) is 9.59 Å². The predicted molar refractivity (Wildman–Crippen MR) is 100 cm³/mol. The van der Waals surface area contributed by atoms with Crippen molar-refractivity contribution < 1.29 is 23.8 Å². The normalized spacial score (nSPS) is 24.8. The van der Waals surface area contributed by atoms with Crippen LogP contribution in [0.4, 0.5) is 4.79 Å². The van der Waals surface area contributed by atoms with Crippen molar-refractivity contribution in [2.24, 2.45) is 0 Å². The molecule has 8 nitrogen and oxygen atoms in total. The second-order valence-corrected chi connectivity index (χ2v) is 7.21. The van der Waals surface area contributed by atoms with Crippen molar-refractivity contribution in [3.8, 4) is 0 Å². The molecule has 2 fully saturated rings. The molecule has 2 saturated heterocycles. The standard InChI is InChI=1S/C20H25N3O5/c1-26-18(24)16-15(13-23-9-7-20(8-10-23)27-11-12-28-20)21-19(25)22-17(16)14-5-3-2-4-6-14/h2-6,17H,7-13H2,1H3,(H2,21,22,25)/t17-/m1/s1. The highest BCUT2D eigenvalue weighted by Crippen LogP contribution is 2.32. The average molecular weight is 387 g/mol. The second-order valence-electron chi connectivity index (χ2n) is 7.21. The lowest BCUT2D eigenvalue weighted by atomic mass is 9.94. The van der Waals surface area contributed by atoms with Gasteiger partial charge in [0.1, 0.15) is 0 Å². The average Bonchev–Trinajstić information content (AvgIpc) is 3.18. The first-order valence-corrected chi connectivity index (χ1v) is 9.54. The van der Waals surface area contributed by atoms with Crippen LogP contribution in [0.1, 0.15) is 24.4 Å². The van der Waals surface area contributed by atoms with Gasteiger partial charge >= 0.3 is 12.0 Å². The summed E-state index contributed by atoms with van der Waals surface area (Å²) in [6.07, 6.45) is 1.53. The van der Waals surface area contributed by atoms with Crippen molar-refractivity contribution >= 4 is 12.0 Å². The zero-order valence-corrected chi connectivity index (χ0v) is 15.9. The first-order valence-electron chi connectivity index (χ1n) is 9.54. The number of hydrogen-bond donors (Lipinski definition) is 2. The number of urea groups is 1. The highest BCUT2D eigenvalue weighted by molar-refractivity contribution is 5.95. The molecule has 0 saturated carbocycles. The number of methoxy groups -OCH3 is 1. The zero-order valence-electron chi connectivity index (χ0n) is 15.9. The third-order valence-electron chi connectivity index (χ3n) is 5.51. The maximum Gasteiger partial charge on any atom is 0.338 e. The SMILES string of the molecule is COC(=O)C1=C(CN2CCC3(CC2)OCCO3)NC(=O)N[C@@H]1c1ccccc1. The van der Waals surface area contributed by atoms with Gasteiger partial charge in [-0.2, -0.15) is 0 Å². The zero-order chi connectivity index (χ0) is 19.6. The lowest BCUT2D eigenvalue weighted by Crippen LogP contribution is -2.51. The monoisotopic (exact) mass is 387 g/mol. The first kappa shape index (κ1) is 18.9. The van der Waals surface area contributed by atoms with Gasteiger partial charge in [-0.1, -0.05) is 30.3 Å². The van der Waals surface area contributed by atoms with Crippen LogP contribution in [-0.2, 0) is 19.0 Å². The van der Waals surface area contributed by atoms with Crippen molar-refractivity contribution in [1.29, 1.82) is 0 Å². The summed E-state index contributed by atoms with van der Waals surface area (Å²) in [6.45, 7) is 3.25. The van der Waals surface area contributed by atoms with Crippen LogP contribution in [0.5, 0.6) is 0 Å². The molecule has 3 aliphatic rings. The van der Waals surface area contributed by atoms with Crippen molar-refractivity contribution in [3.05, 3.63) is 47.2 Å². The Balaban J connectivity index is 1.57. The molecule has 0 aliphatic carbocycles. The van der Waals surface area contributed by atoms with E-state index < -0.39 is 17.8 Å². The number of nitrogens with one attached hydrogen (secondary N) is 2. The fourth-order valence-corrected chi connectivity index (χ4v) is 4.05. The van der Waals surface area contributed by atoms with Crippen LogP contribution in [0.2, 0.25) is 0 Å². The quantitative estimate of drug-likeness (QED) is 0.758. The van der Waals surface area contributed by atoms with Gasteiger partial charge in [0.25, 0.3) is 0 Å². The smallest absolute Gasteiger partial charge is 0.338 e. The molecule has 28 heavy (non-hydrogen) atoms. The van der Waals surface area contributed by atoms with E-state index in [9.17, 15) is 9.59 Å². The van der Waals surface area contributed by atoms with Gasteiger partial charge in [-0.05, 0) is 5.56 Å². The lowest BCUT2D eigenvalue weighted by Gasteiger charge is -2.39. The summed E-state index contributed by atoms with van der Waals surface area (Å²) in [4.78, 5) is 27.1. The van der Waals surface area contributed by atoms with Gasteiger partial charge in [-0.3, -0.25) is 4.90 Å². The van der Waals surface area contributed by atoms with Gasteiger partial charge in [0, 0.05) is 38.2 Å². The molecule has 0 radical (unpaired) electrons. The molecule has 0 bridgehead atoms. The Hall–Kier alpha value is -2.42. The molecule has 2 amide bonds. The molecule has 4 rings (SSSR count). The van der Waals surface area contributed by atoms with E-state index >= 15 is 0 Å². The summed E-state index contributed by atoms with van der Waals surface area (Å²) in [7, 11) is 1.35. The summed E-state index contributed by atoms with van der Waals surface area (Å²) >= 11 is 0. The fourth-order valence-electron chi connectivity index (χ4n) is 4.05. The van der Waals surface area contributed by atoms with Crippen LogP contribution < -0.4 is 10.6 Å². The number of nitrogens with zero attached hydrogens (tertiary/aromatic N) is 1. The van der Waals surface area contributed by atoms with E-state index in [4.69, 9.17) is 14.2 Å². The van der Waals surface area contributed by atoms with Gasteiger partial charge < -0.3 is 24.8 Å². The Morgan fingerprint density at radius 1 is 1.21 bits per heavy atom. The van der Waals surface area contributed by atoms with Crippen LogP contribution in [-0.4, -0.2) is 62.6 Å². The summed E-state index contributed by atoms with van der Waals surface area (Å²) < 4.78 is 16.6. The number of carbonyl (C=O) groups is 2. The Kier molecular flexibility index (Phi) is 5.34. The van der Waals surface area contributed by atoms with E-state index in [0.29, 0.717) is 31.0 Å². The minimum atomic E-state index is -0.546. The van der Waals surface area contributed by atoms with Crippen molar-refractivity contribution in [2.45, 2.75) is 24.7 Å². The van der Waals surface area contributed by atoms with Crippen LogP contribution in [0, 0.1) is 0 Å². The van der Waals surface area contributed by atoms with Crippen molar-refractivity contribution in [1.82, 2.24) is 15.5 Å². The molecule has 1 aromatic carbocycles. The number of hydrogen-bond acceptors (Lipinski definition) is 6. The second kappa shape index (κ2) is 7.90. The maximum absolute atomic E-state index is 12.6. The minimum absolute atomic E-state index is 0.326. The molecular formula is C20H25N3O5. The van der Waals surface area contributed by atoms with Crippen molar-refractivity contribution in [3.63, 3.8) is 0 Å². The molecule has 3 heterocycles. The largest absolute Gasteiger partial charge is 0.466 e. The van der Waals surface area contributed by atoms with E-state index in [1.54, 1.807) is 0 Å². The van der Waals surface area contributed by atoms with Crippen LogP contribution in [0.3, 0.4) is 0 Å². The Morgan fingerprint density at radius 2 is 1.89 bits per heavy atom. The fraction of sp³-hybridized carbons (Fsp3) is 0.500. The highest BCUT2D eigenvalue weighted by atomic mass is 16.7. The van der Waals surface area contributed by atoms with E-state index in [1.807, 2.05) is 30.3 Å². The number of esters is 1. The summed E-state index contributed by atoms with van der Waals surface area (Å²) in [5, 5.41) is 5.65. The third kappa shape index (κ3) is 3.76. The number of carbonyl (C=O) groups excluding carboxylic acids is 2. The van der Waals surface area contributed by atoms with Crippen molar-refractivity contribution in [2.75, 3.05) is 40.0 Å². The summed E-state index contributed by atoms with van der Waals surface area (Å²) in [5.41, 5.74) is 1.84. The molecule has 1 atom stereocenters. The van der Waals surface area contributed by atoms with Gasteiger partial charge in [0.05, 0.1) is 31.9 Å². The van der Waals surface area contributed by atoms with Gasteiger partial charge in [-0.15, -0.1) is 0 Å². The highest BCUT2D eigenvalue weighted by Gasteiger charge is 2.41. The van der Waals surface area contributed by atoms with E-state index in [2.05, 4.69) is 15.5 Å². The van der Waals surface area contributed by atoms with Gasteiger partial charge in [0.2, 0.25) is 0 Å². The van der Waals surface area contributed by atoms with E-state index in [-0.39, 0.29) is 6.03 Å². The lowest BCUT2D eigenvalue weighted by molar-refractivity contribution is -0.184. The predicted octanol–water partition coefficient (Wildman–Crippen LogP) is 1.31. The molecule has 0 unspecified atom stereocenters. The number of rotatable bonds is 4. The molecule has 1 spiro atoms. The van der Waals surface area contributed by atoms with Gasteiger partial charge in [0.15, 0.2) is 5.79 Å². The third-order valence-corrected chi connectivity index (χ3v) is 5.51. The van der Waals surface area contributed by atoms with Crippen LogP contribution in [0.25, 0.3) is 0 Å². The number of benzene rings is 1. The van der Waals surface area contributed by atoms with Crippen LogP contribution >= 0.6 is 0 Å². The summed E-state index contributed by atoms with van der Waals surface area (Å²) in [5.74, 6) is -0.910. The first-order chi connectivity index (χ1) is 13.6. The maximum atomic E-state index is 12.6. The molecule has 2 N–H and O–H groups in total. The molecule has 150 valence electrons. The Bertz CT molecular complexity index is 763. The molecular weight excluding hydrogens is 362 g/mol. The number of likely N-dealkylation sites (tertiary alicyclic amines) is 1. The Morgan fingerprint density at radius 3 is 2.54 bits per heavy atom. The minimum Gasteiger partial charge on any atom is -0.466 e. The topological polar surface area (TPSA) is 89.1 Å². The van der Waals surface area contributed by atoms with E-state index in [1.165, 1.54) is 7.11 Å². The molecule has 8 heteroatoms. The number of piperidine rings is 1. The van der Waals surface area contributed by atoms with Crippen LogP contribution in [0.15, 0.2) is 41.6 Å². The summed E-state index contributed by atoms with van der Waals surface area (Å²) in [6, 6.07) is 8.55. The van der Waals surface area contributed by atoms with E-state index in [0.717, 1.165) is 31.5 Å².